The monoisotopic (exact) mass is 789 g/mol. The SMILES string of the molecule is CCCC/C=C\CCCCCCC(=O)OCC(COC(=O)CCCCCCC/C=C\CCCCCCCCC)OC(=O)CCCCCCCCCCCCCC. The Hall–Kier alpha value is -2.11. The Morgan fingerprint density at radius 1 is 0.339 bits per heavy atom. The Kier molecular flexibility index (Phi) is 43.9. The molecule has 1 unspecified atom stereocenters. The molecule has 0 rings (SSSR count). The zero-order valence-electron chi connectivity index (χ0n) is 37.4. The van der Waals surface area contributed by atoms with Crippen molar-refractivity contribution >= 4 is 17.9 Å². The minimum atomic E-state index is -0.772. The molecule has 56 heavy (non-hydrogen) atoms. The number of hydrogen-bond acceptors (Lipinski definition) is 6. The molecule has 0 aliphatic rings. The van der Waals surface area contributed by atoms with Crippen LogP contribution in [0.1, 0.15) is 258 Å². The van der Waals surface area contributed by atoms with Crippen molar-refractivity contribution in [2.24, 2.45) is 0 Å². The highest BCUT2D eigenvalue weighted by molar-refractivity contribution is 5.71. The first-order chi connectivity index (χ1) is 27.5. The first-order valence-corrected chi connectivity index (χ1v) is 24.3. The molecule has 6 nitrogen and oxygen atoms in total. The summed E-state index contributed by atoms with van der Waals surface area (Å²) >= 11 is 0. The summed E-state index contributed by atoms with van der Waals surface area (Å²) in [5.41, 5.74) is 0. The van der Waals surface area contributed by atoms with Gasteiger partial charge in [0, 0.05) is 19.3 Å². The number of esters is 3. The van der Waals surface area contributed by atoms with E-state index in [9.17, 15) is 14.4 Å². The lowest BCUT2D eigenvalue weighted by atomic mass is 10.0. The molecule has 0 spiro atoms. The van der Waals surface area contributed by atoms with E-state index in [1.165, 1.54) is 135 Å². The minimum Gasteiger partial charge on any atom is -0.462 e. The summed E-state index contributed by atoms with van der Waals surface area (Å²) in [6, 6.07) is 0. The van der Waals surface area contributed by atoms with Gasteiger partial charge in [0.25, 0.3) is 0 Å². The van der Waals surface area contributed by atoms with Crippen LogP contribution in [0.3, 0.4) is 0 Å². The van der Waals surface area contributed by atoms with E-state index in [0.717, 1.165) is 83.5 Å². The van der Waals surface area contributed by atoms with Gasteiger partial charge in [0.1, 0.15) is 13.2 Å². The molecule has 6 heteroatoms. The van der Waals surface area contributed by atoms with Gasteiger partial charge in [-0.15, -0.1) is 0 Å². The highest BCUT2D eigenvalue weighted by Gasteiger charge is 2.19. The molecule has 1 atom stereocenters. The molecule has 0 aliphatic carbocycles. The summed E-state index contributed by atoms with van der Waals surface area (Å²) in [4.78, 5) is 37.8. The third-order valence-electron chi connectivity index (χ3n) is 10.7. The van der Waals surface area contributed by atoms with Crippen molar-refractivity contribution < 1.29 is 28.6 Å². The third-order valence-corrected chi connectivity index (χ3v) is 10.7. The van der Waals surface area contributed by atoms with Crippen molar-refractivity contribution in [2.75, 3.05) is 13.2 Å². The third kappa shape index (κ3) is 43.0. The van der Waals surface area contributed by atoms with Crippen LogP contribution in [0.2, 0.25) is 0 Å². The van der Waals surface area contributed by atoms with E-state index in [-0.39, 0.29) is 31.1 Å². The number of unbranched alkanes of at least 4 members (excludes halogenated alkanes) is 29. The van der Waals surface area contributed by atoms with Crippen LogP contribution >= 0.6 is 0 Å². The van der Waals surface area contributed by atoms with E-state index in [0.29, 0.717) is 19.3 Å². The van der Waals surface area contributed by atoms with Gasteiger partial charge in [0.2, 0.25) is 0 Å². The molecule has 0 radical (unpaired) electrons. The number of rotatable bonds is 44. The van der Waals surface area contributed by atoms with Crippen molar-refractivity contribution in [2.45, 2.75) is 264 Å². The Morgan fingerprint density at radius 3 is 0.946 bits per heavy atom. The quantitative estimate of drug-likeness (QED) is 0.0265. The molecule has 0 N–H and O–H groups in total. The standard InChI is InChI=1S/C50H92O6/c1-4-7-10-13-16-19-22-24-25-26-27-29-31-34-37-40-43-49(52)55-46-47(45-54-48(51)42-39-36-33-30-21-18-15-12-9-6-3)56-50(53)44-41-38-35-32-28-23-20-17-14-11-8-5-2/h15,18,25-26,47H,4-14,16-17,19-24,27-46H2,1-3H3/b18-15-,26-25-. The summed E-state index contributed by atoms with van der Waals surface area (Å²) < 4.78 is 16.7. The van der Waals surface area contributed by atoms with Crippen LogP contribution in [0.4, 0.5) is 0 Å². The number of carbonyl (C=O) groups is 3. The van der Waals surface area contributed by atoms with E-state index in [4.69, 9.17) is 14.2 Å². The van der Waals surface area contributed by atoms with E-state index in [2.05, 4.69) is 45.1 Å². The Balaban J connectivity index is 4.33. The van der Waals surface area contributed by atoms with E-state index < -0.39 is 6.10 Å². The highest BCUT2D eigenvalue weighted by Crippen LogP contribution is 2.15. The fourth-order valence-electron chi connectivity index (χ4n) is 6.95. The smallest absolute Gasteiger partial charge is 0.306 e. The summed E-state index contributed by atoms with van der Waals surface area (Å²) in [5.74, 6) is -0.890. The van der Waals surface area contributed by atoms with Crippen LogP contribution in [-0.4, -0.2) is 37.2 Å². The Bertz CT molecular complexity index is 911. The molecule has 0 saturated heterocycles. The second-order valence-corrected chi connectivity index (χ2v) is 16.4. The van der Waals surface area contributed by atoms with Crippen molar-refractivity contribution in [1.82, 2.24) is 0 Å². The average Bonchev–Trinajstić information content (AvgIpc) is 3.19. The number of hydrogen-bond donors (Lipinski definition) is 0. The molecule has 0 aromatic heterocycles. The van der Waals surface area contributed by atoms with Gasteiger partial charge in [-0.05, 0) is 64.2 Å². The zero-order chi connectivity index (χ0) is 40.8. The summed E-state index contributed by atoms with van der Waals surface area (Å²) in [6.07, 6.45) is 50.2. The Labute approximate surface area is 347 Å². The fraction of sp³-hybridized carbons (Fsp3) is 0.860. The minimum absolute atomic E-state index is 0.0761. The maximum absolute atomic E-state index is 12.7. The van der Waals surface area contributed by atoms with Crippen LogP contribution in [0, 0.1) is 0 Å². The lowest BCUT2D eigenvalue weighted by Crippen LogP contribution is -2.30. The zero-order valence-corrected chi connectivity index (χ0v) is 37.4. The van der Waals surface area contributed by atoms with Crippen LogP contribution in [0.15, 0.2) is 24.3 Å². The average molecular weight is 789 g/mol. The predicted octanol–water partition coefficient (Wildman–Crippen LogP) is 15.6. The number of allylic oxidation sites excluding steroid dienone is 4. The van der Waals surface area contributed by atoms with Crippen molar-refractivity contribution in [3.63, 3.8) is 0 Å². The molecule has 0 bridgehead atoms. The van der Waals surface area contributed by atoms with E-state index in [1.807, 2.05) is 0 Å². The first kappa shape index (κ1) is 53.9. The predicted molar refractivity (Wildman–Crippen MR) is 238 cm³/mol. The molecular weight excluding hydrogens is 697 g/mol. The van der Waals surface area contributed by atoms with Gasteiger partial charge in [0.15, 0.2) is 6.10 Å². The highest BCUT2D eigenvalue weighted by atomic mass is 16.6. The lowest BCUT2D eigenvalue weighted by Gasteiger charge is -2.18. The van der Waals surface area contributed by atoms with Crippen molar-refractivity contribution in [3.8, 4) is 0 Å². The number of ether oxygens (including phenoxy) is 3. The second-order valence-electron chi connectivity index (χ2n) is 16.4. The maximum atomic E-state index is 12.7. The second kappa shape index (κ2) is 45.6. The molecule has 0 saturated carbocycles. The fourth-order valence-corrected chi connectivity index (χ4v) is 6.95. The Morgan fingerprint density at radius 2 is 0.607 bits per heavy atom. The van der Waals surface area contributed by atoms with Gasteiger partial charge in [-0.25, -0.2) is 0 Å². The molecule has 0 aliphatic heterocycles. The molecule has 0 fully saturated rings. The molecule has 0 heterocycles. The molecule has 328 valence electrons. The summed E-state index contributed by atoms with van der Waals surface area (Å²) in [7, 11) is 0. The molecular formula is C50H92O6. The molecule has 0 aromatic carbocycles. The van der Waals surface area contributed by atoms with Crippen molar-refractivity contribution in [1.29, 1.82) is 0 Å². The van der Waals surface area contributed by atoms with Crippen LogP contribution in [0.5, 0.6) is 0 Å². The first-order valence-electron chi connectivity index (χ1n) is 24.3. The van der Waals surface area contributed by atoms with E-state index >= 15 is 0 Å². The van der Waals surface area contributed by atoms with Crippen LogP contribution in [0.25, 0.3) is 0 Å². The molecule has 0 amide bonds. The van der Waals surface area contributed by atoms with E-state index in [1.54, 1.807) is 0 Å². The van der Waals surface area contributed by atoms with Gasteiger partial charge >= 0.3 is 17.9 Å². The van der Waals surface area contributed by atoms with Gasteiger partial charge in [0.05, 0.1) is 0 Å². The van der Waals surface area contributed by atoms with Gasteiger partial charge in [-0.1, -0.05) is 199 Å². The molecule has 0 aromatic rings. The normalized spacial score (nSPS) is 12.1. The van der Waals surface area contributed by atoms with Gasteiger partial charge < -0.3 is 14.2 Å². The lowest BCUT2D eigenvalue weighted by molar-refractivity contribution is -0.167. The summed E-state index contributed by atoms with van der Waals surface area (Å²) in [5, 5.41) is 0. The van der Waals surface area contributed by atoms with Gasteiger partial charge in [-0.2, -0.15) is 0 Å². The van der Waals surface area contributed by atoms with Crippen molar-refractivity contribution in [3.05, 3.63) is 24.3 Å². The van der Waals surface area contributed by atoms with Crippen LogP contribution in [-0.2, 0) is 28.6 Å². The largest absolute Gasteiger partial charge is 0.462 e. The number of carbonyl (C=O) groups excluding carboxylic acids is 3. The van der Waals surface area contributed by atoms with Crippen LogP contribution < -0.4 is 0 Å². The maximum Gasteiger partial charge on any atom is 0.306 e. The van der Waals surface area contributed by atoms with Gasteiger partial charge in [-0.3, -0.25) is 14.4 Å². The summed E-state index contributed by atoms with van der Waals surface area (Å²) in [6.45, 7) is 6.58. The topological polar surface area (TPSA) is 78.9 Å².